The zero-order valence-corrected chi connectivity index (χ0v) is 19.6. The molecule has 1 N–H and O–H groups in total. The SMILES string of the molecule is Cc1ncc(C)n2nc(CCc3nc(N4CCC(NC(=O)OC(C)(C)C)C4)nn3C)nc12. The van der Waals surface area contributed by atoms with Crippen LogP contribution in [-0.2, 0) is 24.6 Å². The fourth-order valence-electron chi connectivity index (χ4n) is 3.75. The van der Waals surface area contributed by atoms with Crippen molar-refractivity contribution in [2.75, 3.05) is 18.0 Å². The Labute approximate surface area is 187 Å². The summed E-state index contributed by atoms with van der Waals surface area (Å²) in [6.45, 7) is 10.9. The number of carbonyl (C=O) groups excluding carboxylic acids is 1. The summed E-state index contributed by atoms with van der Waals surface area (Å²) in [6.07, 6.45) is 3.58. The molecular weight excluding hydrogens is 410 g/mol. The largest absolute Gasteiger partial charge is 0.444 e. The molecular formula is C21H31N9O2. The number of ether oxygens (including phenoxy) is 1. The van der Waals surface area contributed by atoms with E-state index < -0.39 is 5.60 Å². The van der Waals surface area contributed by atoms with Crippen LogP contribution >= 0.6 is 0 Å². The first kappa shape index (κ1) is 22.0. The van der Waals surface area contributed by atoms with Crippen LogP contribution in [0.25, 0.3) is 5.65 Å². The summed E-state index contributed by atoms with van der Waals surface area (Å²) in [6, 6.07) is 0.0133. The summed E-state index contributed by atoms with van der Waals surface area (Å²) in [4.78, 5) is 27.8. The molecule has 0 aromatic carbocycles. The summed E-state index contributed by atoms with van der Waals surface area (Å²) in [7, 11) is 1.90. The number of amides is 1. The summed E-state index contributed by atoms with van der Waals surface area (Å²) < 4.78 is 8.99. The lowest BCUT2D eigenvalue weighted by atomic mass is 10.2. The smallest absolute Gasteiger partial charge is 0.407 e. The number of nitrogens with one attached hydrogen (secondary N) is 1. The molecule has 11 heteroatoms. The van der Waals surface area contributed by atoms with Crippen molar-refractivity contribution in [3.8, 4) is 0 Å². The van der Waals surface area contributed by atoms with Gasteiger partial charge < -0.3 is 15.0 Å². The van der Waals surface area contributed by atoms with Gasteiger partial charge in [0.2, 0.25) is 5.95 Å². The van der Waals surface area contributed by atoms with Crippen LogP contribution in [0.15, 0.2) is 6.20 Å². The number of nitrogens with zero attached hydrogens (tertiary/aromatic N) is 8. The molecule has 3 aromatic rings. The Morgan fingerprint density at radius 3 is 2.72 bits per heavy atom. The van der Waals surface area contributed by atoms with Crippen LogP contribution in [0.4, 0.5) is 10.7 Å². The summed E-state index contributed by atoms with van der Waals surface area (Å²) in [5, 5.41) is 12.1. The summed E-state index contributed by atoms with van der Waals surface area (Å²) >= 11 is 0. The molecule has 0 saturated carbocycles. The monoisotopic (exact) mass is 441 g/mol. The third kappa shape index (κ3) is 4.81. The predicted octanol–water partition coefficient (Wildman–Crippen LogP) is 1.76. The third-order valence-corrected chi connectivity index (χ3v) is 5.36. The van der Waals surface area contributed by atoms with Crippen LogP contribution in [0.3, 0.4) is 0 Å². The Bertz CT molecular complexity index is 1090. The van der Waals surface area contributed by atoms with Crippen LogP contribution in [0.2, 0.25) is 0 Å². The van der Waals surface area contributed by atoms with Crippen LogP contribution in [0.1, 0.15) is 50.2 Å². The number of hydrogen-bond acceptors (Lipinski definition) is 8. The first-order chi connectivity index (χ1) is 15.1. The lowest BCUT2D eigenvalue weighted by Gasteiger charge is -2.21. The van der Waals surface area contributed by atoms with E-state index in [9.17, 15) is 4.79 Å². The van der Waals surface area contributed by atoms with Crippen molar-refractivity contribution in [2.45, 2.75) is 65.5 Å². The maximum atomic E-state index is 12.0. The average molecular weight is 442 g/mol. The van der Waals surface area contributed by atoms with Gasteiger partial charge in [-0.1, -0.05) is 0 Å². The minimum atomic E-state index is -0.510. The highest BCUT2D eigenvalue weighted by molar-refractivity contribution is 5.68. The highest BCUT2D eigenvalue weighted by Gasteiger charge is 2.28. The Morgan fingerprint density at radius 1 is 1.22 bits per heavy atom. The Kier molecular flexibility index (Phi) is 5.74. The van der Waals surface area contributed by atoms with Gasteiger partial charge in [0.25, 0.3) is 0 Å². The van der Waals surface area contributed by atoms with Crippen LogP contribution < -0.4 is 10.2 Å². The molecule has 0 aliphatic carbocycles. The molecule has 32 heavy (non-hydrogen) atoms. The number of aryl methyl sites for hydroxylation is 5. The van der Waals surface area contributed by atoms with Crippen LogP contribution in [0, 0.1) is 13.8 Å². The van der Waals surface area contributed by atoms with Crippen LogP contribution in [-0.4, -0.2) is 65.2 Å². The van der Waals surface area contributed by atoms with Crippen molar-refractivity contribution in [1.82, 2.24) is 39.7 Å². The summed E-state index contributed by atoms with van der Waals surface area (Å²) in [5.74, 6) is 2.31. The standard InChI is InChI=1S/C21H31N9O2/c1-13-11-22-14(2)18-24-16(26-30(13)18)7-8-17-25-19(27-28(17)6)29-10-9-15(12-29)23-20(31)32-21(3,4)5/h11,15H,7-10,12H2,1-6H3,(H,23,31). The van der Waals surface area contributed by atoms with E-state index in [1.54, 1.807) is 10.9 Å². The van der Waals surface area contributed by atoms with Gasteiger partial charge in [0.05, 0.1) is 17.4 Å². The number of anilines is 1. The minimum absolute atomic E-state index is 0.0133. The molecule has 1 fully saturated rings. The first-order valence-corrected chi connectivity index (χ1v) is 10.9. The van der Waals surface area contributed by atoms with Gasteiger partial charge >= 0.3 is 6.09 Å². The van der Waals surface area contributed by atoms with E-state index in [0.29, 0.717) is 25.3 Å². The van der Waals surface area contributed by atoms with Gasteiger partial charge in [0.15, 0.2) is 11.5 Å². The second-order valence-corrected chi connectivity index (χ2v) is 9.28. The Morgan fingerprint density at radius 2 is 2.00 bits per heavy atom. The molecule has 1 amide bonds. The maximum absolute atomic E-state index is 12.0. The second-order valence-electron chi connectivity index (χ2n) is 9.28. The van der Waals surface area contributed by atoms with Gasteiger partial charge in [0.1, 0.15) is 11.4 Å². The van der Waals surface area contributed by atoms with Gasteiger partial charge in [-0.25, -0.2) is 14.3 Å². The molecule has 3 aromatic heterocycles. The molecule has 11 nitrogen and oxygen atoms in total. The third-order valence-electron chi connectivity index (χ3n) is 5.36. The molecule has 1 saturated heterocycles. The van der Waals surface area contributed by atoms with Gasteiger partial charge in [-0.05, 0) is 41.0 Å². The van der Waals surface area contributed by atoms with Crippen molar-refractivity contribution in [1.29, 1.82) is 0 Å². The normalized spacial score (nSPS) is 16.7. The Hall–Kier alpha value is -3.24. The van der Waals surface area contributed by atoms with Crippen molar-refractivity contribution < 1.29 is 9.53 Å². The van der Waals surface area contributed by atoms with Crippen molar-refractivity contribution >= 4 is 17.7 Å². The summed E-state index contributed by atoms with van der Waals surface area (Å²) in [5.41, 5.74) is 2.09. The van der Waals surface area contributed by atoms with Gasteiger partial charge in [-0.2, -0.15) is 10.1 Å². The lowest BCUT2D eigenvalue weighted by Crippen LogP contribution is -2.40. The quantitative estimate of drug-likeness (QED) is 0.637. The van der Waals surface area contributed by atoms with Gasteiger partial charge in [-0.15, -0.1) is 5.10 Å². The molecule has 1 unspecified atom stereocenters. The molecule has 0 bridgehead atoms. The highest BCUT2D eigenvalue weighted by atomic mass is 16.6. The molecule has 1 aliphatic heterocycles. The molecule has 1 aliphatic rings. The van der Waals surface area contributed by atoms with Crippen molar-refractivity contribution in [3.05, 3.63) is 29.2 Å². The fourth-order valence-corrected chi connectivity index (χ4v) is 3.75. The number of aromatic nitrogens is 7. The number of fused-ring (bicyclic) bond motifs is 1. The molecule has 0 radical (unpaired) electrons. The molecule has 4 rings (SSSR count). The minimum Gasteiger partial charge on any atom is -0.444 e. The molecule has 1 atom stereocenters. The zero-order valence-electron chi connectivity index (χ0n) is 19.6. The van der Waals surface area contributed by atoms with E-state index in [4.69, 9.17) is 9.72 Å². The van der Waals surface area contributed by atoms with E-state index in [-0.39, 0.29) is 12.1 Å². The fraction of sp³-hybridized carbons (Fsp3) is 0.619. The highest BCUT2D eigenvalue weighted by Crippen LogP contribution is 2.18. The van der Waals surface area contributed by atoms with Crippen molar-refractivity contribution in [2.24, 2.45) is 7.05 Å². The van der Waals surface area contributed by atoms with Gasteiger partial charge in [0, 0.05) is 39.2 Å². The number of carbonyl (C=O) groups is 1. The topological polar surface area (TPSA) is 115 Å². The van der Waals surface area contributed by atoms with Crippen molar-refractivity contribution in [3.63, 3.8) is 0 Å². The number of hydrogen-bond donors (Lipinski definition) is 1. The number of rotatable bonds is 5. The Balaban J connectivity index is 1.37. The molecule has 0 spiro atoms. The molecule has 172 valence electrons. The van der Waals surface area contributed by atoms with E-state index in [1.807, 2.05) is 46.2 Å². The zero-order chi connectivity index (χ0) is 23.0. The maximum Gasteiger partial charge on any atom is 0.407 e. The van der Waals surface area contributed by atoms with E-state index in [2.05, 4.69) is 30.4 Å². The lowest BCUT2D eigenvalue weighted by molar-refractivity contribution is 0.0509. The van der Waals surface area contributed by atoms with Gasteiger partial charge in [-0.3, -0.25) is 9.67 Å². The average Bonchev–Trinajstić information content (AvgIpc) is 3.40. The second kappa shape index (κ2) is 8.36. The first-order valence-electron chi connectivity index (χ1n) is 10.9. The van der Waals surface area contributed by atoms with Crippen LogP contribution in [0.5, 0.6) is 0 Å². The predicted molar refractivity (Wildman–Crippen MR) is 119 cm³/mol. The van der Waals surface area contributed by atoms with E-state index in [0.717, 1.165) is 41.6 Å². The van der Waals surface area contributed by atoms with E-state index in [1.165, 1.54) is 0 Å². The molecule has 4 heterocycles. The number of alkyl carbamates (subject to hydrolysis) is 1. The van der Waals surface area contributed by atoms with E-state index >= 15 is 0 Å².